The van der Waals surface area contributed by atoms with Crippen molar-refractivity contribution < 1.29 is 19.5 Å². The Morgan fingerprint density at radius 2 is 1.64 bits per heavy atom. The number of imide groups is 1. The maximum atomic E-state index is 13.1. The van der Waals surface area contributed by atoms with Gasteiger partial charge >= 0.3 is 5.97 Å². The minimum atomic E-state index is -0.944. The SMILES string of the molecule is Cc1ccc(C)n1-c1cc2c3c(cccc3c1)C(=O)N(CCCC(=O)O)C2=O. The van der Waals surface area contributed by atoms with Crippen molar-refractivity contribution in [2.24, 2.45) is 0 Å². The predicted octanol–water partition coefficient (Wildman–Crippen LogP) is 3.71. The van der Waals surface area contributed by atoms with Crippen molar-refractivity contribution in [2.75, 3.05) is 6.54 Å². The molecule has 0 atom stereocenters. The Labute approximate surface area is 162 Å². The maximum absolute atomic E-state index is 13.1. The van der Waals surface area contributed by atoms with Crippen LogP contribution in [0.5, 0.6) is 0 Å². The molecule has 142 valence electrons. The Hall–Kier alpha value is -3.41. The van der Waals surface area contributed by atoms with Gasteiger partial charge in [-0.2, -0.15) is 0 Å². The summed E-state index contributed by atoms with van der Waals surface area (Å²) >= 11 is 0. The monoisotopic (exact) mass is 376 g/mol. The largest absolute Gasteiger partial charge is 0.481 e. The van der Waals surface area contributed by atoms with Gasteiger partial charge in [0.25, 0.3) is 11.8 Å². The smallest absolute Gasteiger partial charge is 0.303 e. The number of hydrogen-bond donors (Lipinski definition) is 1. The second kappa shape index (κ2) is 6.64. The number of aromatic nitrogens is 1. The Balaban J connectivity index is 1.86. The highest BCUT2D eigenvalue weighted by Gasteiger charge is 2.33. The van der Waals surface area contributed by atoms with Crippen LogP contribution in [0.4, 0.5) is 0 Å². The van der Waals surface area contributed by atoms with E-state index in [2.05, 4.69) is 4.57 Å². The minimum Gasteiger partial charge on any atom is -0.481 e. The molecular formula is C22H20N2O4. The van der Waals surface area contributed by atoms with Gasteiger partial charge in [0.15, 0.2) is 0 Å². The van der Waals surface area contributed by atoms with Crippen molar-refractivity contribution in [1.29, 1.82) is 0 Å². The summed E-state index contributed by atoms with van der Waals surface area (Å²) in [6, 6.07) is 13.3. The second-order valence-electron chi connectivity index (χ2n) is 7.11. The highest BCUT2D eigenvalue weighted by atomic mass is 16.4. The molecule has 1 aliphatic heterocycles. The molecule has 1 aromatic heterocycles. The molecule has 0 radical (unpaired) electrons. The Morgan fingerprint density at radius 1 is 0.964 bits per heavy atom. The summed E-state index contributed by atoms with van der Waals surface area (Å²) in [7, 11) is 0. The summed E-state index contributed by atoms with van der Waals surface area (Å²) < 4.78 is 2.07. The zero-order valence-electron chi connectivity index (χ0n) is 15.7. The number of benzene rings is 2. The molecule has 2 amide bonds. The van der Waals surface area contributed by atoms with Crippen LogP contribution in [0.1, 0.15) is 44.9 Å². The number of carboxylic acids is 1. The normalized spacial score (nSPS) is 13.4. The molecule has 1 N–H and O–H groups in total. The number of rotatable bonds is 5. The van der Waals surface area contributed by atoms with Crippen LogP contribution in [0, 0.1) is 13.8 Å². The van der Waals surface area contributed by atoms with E-state index in [1.807, 2.05) is 50.2 Å². The fourth-order valence-electron chi connectivity index (χ4n) is 3.94. The van der Waals surface area contributed by atoms with Crippen LogP contribution in [-0.4, -0.2) is 38.9 Å². The lowest BCUT2D eigenvalue weighted by Crippen LogP contribution is -2.41. The first-order chi connectivity index (χ1) is 13.4. The van der Waals surface area contributed by atoms with Gasteiger partial charge in [-0.1, -0.05) is 12.1 Å². The van der Waals surface area contributed by atoms with E-state index in [9.17, 15) is 14.4 Å². The topological polar surface area (TPSA) is 79.6 Å². The molecule has 4 rings (SSSR count). The molecule has 3 aromatic rings. The van der Waals surface area contributed by atoms with Crippen LogP contribution >= 0.6 is 0 Å². The molecule has 0 unspecified atom stereocenters. The average molecular weight is 376 g/mol. The van der Waals surface area contributed by atoms with Crippen LogP contribution in [0.2, 0.25) is 0 Å². The van der Waals surface area contributed by atoms with E-state index in [1.165, 1.54) is 4.90 Å². The van der Waals surface area contributed by atoms with Crippen molar-refractivity contribution in [2.45, 2.75) is 26.7 Å². The fourth-order valence-corrected chi connectivity index (χ4v) is 3.94. The van der Waals surface area contributed by atoms with Crippen molar-refractivity contribution >= 4 is 28.6 Å². The van der Waals surface area contributed by atoms with E-state index in [-0.39, 0.29) is 31.2 Å². The summed E-state index contributed by atoms with van der Waals surface area (Å²) in [5, 5.41) is 10.4. The minimum absolute atomic E-state index is 0.0874. The van der Waals surface area contributed by atoms with E-state index in [4.69, 9.17) is 5.11 Å². The van der Waals surface area contributed by atoms with E-state index < -0.39 is 5.97 Å². The molecule has 0 saturated heterocycles. The first kappa shape index (κ1) is 18.0. The number of carbonyl (C=O) groups is 3. The van der Waals surface area contributed by atoms with Crippen molar-refractivity contribution in [1.82, 2.24) is 9.47 Å². The number of nitrogens with zero attached hydrogens (tertiary/aromatic N) is 2. The highest BCUT2D eigenvalue weighted by molar-refractivity contribution is 6.25. The van der Waals surface area contributed by atoms with Crippen molar-refractivity contribution in [3.63, 3.8) is 0 Å². The molecule has 6 nitrogen and oxygen atoms in total. The molecule has 0 saturated carbocycles. The van der Waals surface area contributed by atoms with Gasteiger partial charge in [0.05, 0.1) is 5.56 Å². The van der Waals surface area contributed by atoms with Gasteiger partial charge in [-0.05, 0) is 56.0 Å². The van der Waals surface area contributed by atoms with Crippen LogP contribution in [-0.2, 0) is 4.79 Å². The Bertz CT molecular complexity index is 1120. The molecule has 0 aliphatic carbocycles. The summed E-state index contributed by atoms with van der Waals surface area (Å²) in [5.41, 5.74) is 3.93. The first-order valence-electron chi connectivity index (χ1n) is 9.18. The predicted molar refractivity (Wildman–Crippen MR) is 105 cm³/mol. The van der Waals surface area contributed by atoms with E-state index in [0.717, 1.165) is 22.5 Å². The third-order valence-electron chi connectivity index (χ3n) is 5.21. The summed E-state index contributed by atoms with van der Waals surface area (Å²) in [5.74, 6) is -1.68. The molecule has 0 spiro atoms. The lowest BCUT2D eigenvalue weighted by Gasteiger charge is -2.28. The van der Waals surface area contributed by atoms with Crippen molar-refractivity contribution in [3.05, 3.63) is 65.0 Å². The number of hydrogen-bond acceptors (Lipinski definition) is 3. The average Bonchev–Trinajstić information content (AvgIpc) is 3.00. The molecule has 2 heterocycles. The van der Waals surface area contributed by atoms with Crippen LogP contribution < -0.4 is 0 Å². The molecule has 0 bridgehead atoms. The number of aryl methyl sites for hydroxylation is 2. The Kier molecular flexibility index (Phi) is 4.26. The highest BCUT2D eigenvalue weighted by Crippen LogP contribution is 2.33. The number of amides is 2. The number of aliphatic carboxylic acids is 1. The van der Waals surface area contributed by atoms with Gasteiger partial charge in [0.1, 0.15) is 0 Å². The van der Waals surface area contributed by atoms with Crippen molar-refractivity contribution in [3.8, 4) is 5.69 Å². The summed E-state index contributed by atoms with van der Waals surface area (Å²) in [4.78, 5) is 38.0. The lowest BCUT2D eigenvalue weighted by molar-refractivity contribution is -0.137. The van der Waals surface area contributed by atoms with Gasteiger partial charge in [-0.25, -0.2) is 0 Å². The van der Waals surface area contributed by atoms with E-state index in [1.54, 1.807) is 6.07 Å². The summed E-state index contributed by atoms with van der Waals surface area (Å²) in [6.07, 6.45) is 0.142. The maximum Gasteiger partial charge on any atom is 0.303 e. The van der Waals surface area contributed by atoms with Crippen LogP contribution in [0.3, 0.4) is 0 Å². The van der Waals surface area contributed by atoms with Gasteiger partial charge < -0.3 is 9.67 Å². The van der Waals surface area contributed by atoms with Crippen LogP contribution in [0.15, 0.2) is 42.5 Å². The molecule has 0 fully saturated rings. The standard InChI is InChI=1S/C22H20N2O4/c1-13-8-9-14(2)24(13)16-11-15-5-3-6-17-20(15)18(12-16)22(28)23(21(17)27)10-4-7-19(25)26/h3,5-6,8-9,11-12H,4,7,10H2,1-2H3,(H,25,26). The van der Waals surface area contributed by atoms with E-state index in [0.29, 0.717) is 16.5 Å². The molecular weight excluding hydrogens is 356 g/mol. The molecule has 2 aromatic carbocycles. The lowest BCUT2D eigenvalue weighted by atomic mass is 9.93. The zero-order chi connectivity index (χ0) is 20.0. The van der Waals surface area contributed by atoms with Gasteiger partial charge in [0.2, 0.25) is 0 Å². The van der Waals surface area contributed by atoms with Gasteiger partial charge in [-0.15, -0.1) is 0 Å². The van der Waals surface area contributed by atoms with Gasteiger partial charge in [0, 0.05) is 41.0 Å². The number of carboxylic acid groups (broad SMARTS) is 1. The fraction of sp³-hybridized carbons (Fsp3) is 0.227. The molecule has 6 heteroatoms. The summed E-state index contributed by atoms with van der Waals surface area (Å²) in [6.45, 7) is 4.09. The number of carbonyl (C=O) groups excluding carboxylic acids is 2. The second-order valence-corrected chi connectivity index (χ2v) is 7.11. The zero-order valence-corrected chi connectivity index (χ0v) is 15.7. The van der Waals surface area contributed by atoms with Crippen LogP contribution in [0.25, 0.3) is 16.5 Å². The van der Waals surface area contributed by atoms with E-state index >= 15 is 0 Å². The third kappa shape index (κ3) is 2.78. The molecule has 1 aliphatic rings. The quantitative estimate of drug-likeness (QED) is 0.689. The first-order valence-corrected chi connectivity index (χ1v) is 9.18. The third-order valence-corrected chi connectivity index (χ3v) is 5.21. The van der Waals surface area contributed by atoms with Gasteiger partial charge in [-0.3, -0.25) is 19.3 Å². The Morgan fingerprint density at radius 3 is 2.32 bits per heavy atom. The molecule has 28 heavy (non-hydrogen) atoms.